The Hall–Kier alpha value is -2.42. The van der Waals surface area contributed by atoms with Gasteiger partial charge in [-0.15, -0.1) is 0 Å². The number of H-pyrrole nitrogens is 1. The van der Waals surface area contributed by atoms with Crippen molar-refractivity contribution in [2.45, 2.75) is 0 Å². The molecule has 0 amide bonds. The van der Waals surface area contributed by atoms with Gasteiger partial charge in [0.1, 0.15) is 5.75 Å². The maximum Gasteiger partial charge on any atom is 0.361 e. The molecular formula is C8H5N5O. The van der Waals surface area contributed by atoms with E-state index in [0.29, 0.717) is 11.3 Å². The van der Waals surface area contributed by atoms with Gasteiger partial charge in [0.15, 0.2) is 0 Å². The fourth-order valence-electron chi connectivity index (χ4n) is 0.930. The highest BCUT2D eigenvalue weighted by atomic mass is 16.5. The molecule has 6 heteroatoms. The maximum absolute atomic E-state index is 8.63. The maximum atomic E-state index is 8.63. The Morgan fingerprint density at radius 2 is 2.36 bits per heavy atom. The molecule has 6 nitrogen and oxygen atoms in total. The summed E-state index contributed by atoms with van der Waals surface area (Å²) in [5, 5.41) is 21.5. The number of rotatable bonds is 2. The Kier molecular flexibility index (Phi) is 2.07. The lowest BCUT2D eigenvalue weighted by atomic mass is 10.2. The average molecular weight is 187 g/mol. The highest BCUT2D eigenvalue weighted by molar-refractivity contribution is 5.36. The Labute approximate surface area is 79.1 Å². The third-order valence-electron chi connectivity index (χ3n) is 1.50. The smallest absolute Gasteiger partial charge is 0.361 e. The second-order valence-corrected chi connectivity index (χ2v) is 2.44. The molecule has 2 aromatic rings. The van der Waals surface area contributed by atoms with Gasteiger partial charge in [-0.25, -0.2) is 0 Å². The molecule has 0 aliphatic heterocycles. The predicted molar refractivity (Wildman–Crippen MR) is 45.4 cm³/mol. The number of nitrogens with zero attached hydrogens (tertiary/aromatic N) is 4. The van der Waals surface area contributed by atoms with Crippen molar-refractivity contribution in [2.75, 3.05) is 0 Å². The van der Waals surface area contributed by atoms with Gasteiger partial charge < -0.3 is 4.74 Å². The lowest BCUT2D eigenvalue weighted by molar-refractivity contribution is 0.442. The van der Waals surface area contributed by atoms with Gasteiger partial charge >= 0.3 is 6.01 Å². The number of nitriles is 1. The molecule has 68 valence electrons. The van der Waals surface area contributed by atoms with E-state index in [0.717, 1.165) is 0 Å². The number of aromatic amines is 1. The predicted octanol–water partition coefficient (Wildman–Crippen LogP) is 0.864. The number of ether oxygens (including phenoxy) is 1. The van der Waals surface area contributed by atoms with Crippen LogP contribution in [-0.4, -0.2) is 20.6 Å². The van der Waals surface area contributed by atoms with Crippen molar-refractivity contribution >= 4 is 0 Å². The van der Waals surface area contributed by atoms with E-state index in [4.69, 9.17) is 10.00 Å². The second-order valence-electron chi connectivity index (χ2n) is 2.44. The van der Waals surface area contributed by atoms with E-state index in [1.807, 2.05) is 6.07 Å². The highest BCUT2D eigenvalue weighted by Gasteiger charge is 2.01. The molecule has 0 bridgehead atoms. The van der Waals surface area contributed by atoms with E-state index in [9.17, 15) is 0 Å². The second kappa shape index (κ2) is 3.53. The van der Waals surface area contributed by atoms with Crippen molar-refractivity contribution < 1.29 is 4.74 Å². The van der Waals surface area contributed by atoms with Gasteiger partial charge in [0, 0.05) is 0 Å². The zero-order valence-corrected chi connectivity index (χ0v) is 7.01. The van der Waals surface area contributed by atoms with Crippen LogP contribution in [-0.2, 0) is 0 Å². The zero-order valence-electron chi connectivity index (χ0n) is 7.01. The molecule has 0 unspecified atom stereocenters. The quantitative estimate of drug-likeness (QED) is 0.753. The van der Waals surface area contributed by atoms with E-state index in [-0.39, 0.29) is 6.01 Å². The summed E-state index contributed by atoms with van der Waals surface area (Å²) in [5.41, 5.74) is 0.519. The van der Waals surface area contributed by atoms with Crippen LogP contribution in [0.1, 0.15) is 5.56 Å². The number of hydrogen-bond acceptors (Lipinski definition) is 5. The van der Waals surface area contributed by atoms with Gasteiger partial charge in [-0.3, -0.25) is 0 Å². The molecule has 1 heterocycles. The molecule has 1 aromatic heterocycles. The summed E-state index contributed by atoms with van der Waals surface area (Å²) < 4.78 is 5.19. The summed E-state index contributed by atoms with van der Waals surface area (Å²) >= 11 is 0. The number of benzene rings is 1. The molecule has 0 saturated heterocycles. The summed E-state index contributed by atoms with van der Waals surface area (Å²) in [6, 6.07) is 8.83. The van der Waals surface area contributed by atoms with Crippen LogP contribution in [0.5, 0.6) is 11.8 Å². The topological polar surface area (TPSA) is 87.5 Å². The van der Waals surface area contributed by atoms with E-state index in [1.165, 1.54) is 0 Å². The first-order valence-corrected chi connectivity index (χ1v) is 3.80. The third kappa shape index (κ3) is 1.67. The molecule has 0 radical (unpaired) electrons. The van der Waals surface area contributed by atoms with Crippen LogP contribution in [0.3, 0.4) is 0 Å². The van der Waals surface area contributed by atoms with E-state index in [2.05, 4.69) is 20.6 Å². The van der Waals surface area contributed by atoms with Crippen molar-refractivity contribution in [1.82, 2.24) is 20.6 Å². The molecule has 0 aliphatic rings. The van der Waals surface area contributed by atoms with Crippen LogP contribution >= 0.6 is 0 Å². The summed E-state index contributed by atoms with van der Waals surface area (Å²) in [5.74, 6) is 0.505. The van der Waals surface area contributed by atoms with Crippen LogP contribution < -0.4 is 4.74 Å². The Morgan fingerprint density at radius 3 is 3.07 bits per heavy atom. The van der Waals surface area contributed by atoms with Crippen LogP contribution in [0.4, 0.5) is 0 Å². The summed E-state index contributed by atoms with van der Waals surface area (Å²) in [6.07, 6.45) is 0. The average Bonchev–Trinajstić information content (AvgIpc) is 2.71. The zero-order chi connectivity index (χ0) is 9.80. The van der Waals surface area contributed by atoms with Crippen LogP contribution in [0.25, 0.3) is 0 Å². The van der Waals surface area contributed by atoms with E-state index in [1.54, 1.807) is 24.3 Å². The van der Waals surface area contributed by atoms with Crippen LogP contribution in [0.15, 0.2) is 24.3 Å². The van der Waals surface area contributed by atoms with Crippen LogP contribution in [0, 0.1) is 11.3 Å². The van der Waals surface area contributed by atoms with Gasteiger partial charge in [0.25, 0.3) is 0 Å². The molecule has 0 spiro atoms. The minimum Gasteiger partial charge on any atom is -0.422 e. The first kappa shape index (κ1) is 8.19. The molecule has 0 fully saturated rings. The fourth-order valence-corrected chi connectivity index (χ4v) is 0.930. The number of hydrogen-bond donors (Lipinski definition) is 1. The normalized spacial score (nSPS) is 9.36. The number of aromatic nitrogens is 4. The molecule has 2 rings (SSSR count). The van der Waals surface area contributed by atoms with Gasteiger partial charge in [0.2, 0.25) is 0 Å². The number of tetrazole rings is 1. The van der Waals surface area contributed by atoms with Crippen molar-refractivity contribution in [1.29, 1.82) is 5.26 Å². The summed E-state index contributed by atoms with van der Waals surface area (Å²) in [6.45, 7) is 0. The summed E-state index contributed by atoms with van der Waals surface area (Å²) in [7, 11) is 0. The first-order chi connectivity index (χ1) is 6.88. The van der Waals surface area contributed by atoms with Crippen molar-refractivity contribution in [3.63, 3.8) is 0 Å². The summed E-state index contributed by atoms with van der Waals surface area (Å²) in [4.78, 5) is 0. The highest BCUT2D eigenvalue weighted by Crippen LogP contribution is 2.17. The Bertz CT molecular complexity index is 459. The van der Waals surface area contributed by atoms with Gasteiger partial charge in [-0.1, -0.05) is 16.3 Å². The SMILES string of the molecule is N#Cc1cccc(Oc2nn[nH]n2)c1. The molecule has 1 aromatic carbocycles. The molecule has 1 N–H and O–H groups in total. The molecular weight excluding hydrogens is 182 g/mol. The lowest BCUT2D eigenvalue weighted by Crippen LogP contribution is -1.86. The monoisotopic (exact) mass is 187 g/mol. The largest absolute Gasteiger partial charge is 0.422 e. The van der Waals surface area contributed by atoms with Gasteiger partial charge in [0.05, 0.1) is 11.6 Å². The molecule has 0 saturated carbocycles. The van der Waals surface area contributed by atoms with Gasteiger partial charge in [-0.05, 0) is 23.4 Å². The van der Waals surface area contributed by atoms with Gasteiger partial charge in [-0.2, -0.15) is 10.5 Å². The number of nitrogens with one attached hydrogen (secondary N) is 1. The third-order valence-corrected chi connectivity index (χ3v) is 1.50. The fraction of sp³-hybridized carbons (Fsp3) is 0. The molecule has 0 atom stereocenters. The minimum absolute atomic E-state index is 0.125. The molecule has 14 heavy (non-hydrogen) atoms. The van der Waals surface area contributed by atoms with Crippen molar-refractivity contribution in [2.24, 2.45) is 0 Å². The van der Waals surface area contributed by atoms with Crippen molar-refractivity contribution in [3.05, 3.63) is 29.8 Å². The van der Waals surface area contributed by atoms with E-state index >= 15 is 0 Å². The Morgan fingerprint density at radius 1 is 1.43 bits per heavy atom. The lowest BCUT2D eigenvalue weighted by Gasteiger charge is -1.98. The van der Waals surface area contributed by atoms with E-state index < -0.39 is 0 Å². The molecule has 0 aliphatic carbocycles. The first-order valence-electron chi connectivity index (χ1n) is 3.80. The van der Waals surface area contributed by atoms with Crippen molar-refractivity contribution in [3.8, 4) is 17.8 Å². The standard InChI is InChI=1S/C8H5N5O/c9-5-6-2-1-3-7(4-6)14-8-10-12-13-11-8/h1-4H,(H,10,11,12,13). The van der Waals surface area contributed by atoms with Crippen LogP contribution in [0.2, 0.25) is 0 Å². The minimum atomic E-state index is 0.125. The Balaban J connectivity index is 2.22.